The van der Waals surface area contributed by atoms with Crippen molar-refractivity contribution in [1.29, 1.82) is 0 Å². The molecule has 2 aromatic carbocycles. The molecule has 2 aromatic rings. The standard InChI is InChI=1S/C23H30N2O2/c1-4-18(2)20-12-8-9-13-22(20)27-17-23(26)25-15-14-24(3)16-21(25)19-10-6-5-7-11-19/h5-13,18,21H,4,14-17H2,1-3H3. The van der Waals surface area contributed by atoms with Crippen LogP contribution in [0.5, 0.6) is 5.75 Å². The maximum Gasteiger partial charge on any atom is 0.261 e. The van der Waals surface area contributed by atoms with Gasteiger partial charge in [-0.15, -0.1) is 0 Å². The van der Waals surface area contributed by atoms with Gasteiger partial charge in [-0.2, -0.15) is 0 Å². The molecule has 1 aliphatic rings. The average Bonchev–Trinajstić information content (AvgIpc) is 2.72. The Bertz CT molecular complexity index is 747. The van der Waals surface area contributed by atoms with Gasteiger partial charge in [-0.05, 0) is 36.6 Å². The zero-order valence-electron chi connectivity index (χ0n) is 16.6. The Labute approximate surface area is 162 Å². The van der Waals surface area contributed by atoms with Gasteiger partial charge in [0.05, 0.1) is 6.04 Å². The molecule has 4 nitrogen and oxygen atoms in total. The molecule has 0 aliphatic carbocycles. The topological polar surface area (TPSA) is 32.8 Å². The second-order valence-corrected chi connectivity index (χ2v) is 7.41. The number of nitrogens with zero attached hydrogens (tertiary/aromatic N) is 2. The summed E-state index contributed by atoms with van der Waals surface area (Å²) in [6.07, 6.45) is 1.04. The highest BCUT2D eigenvalue weighted by Gasteiger charge is 2.30. The number of hydrogen-bond donors (Lipinski definition) is 0. The van der Waals surface area contributed by atoms with Gasteiger partial charge in [-0.3, -0.25) is 4.79 Å². The van der Waals surface area contributed by atoms with Crippen molar-refractivity contribution < 1.29 is 9.53 Å². The lowest BCUT2D eigenvalue weighted by atomic mass is 9.98. The molecule has 2 atom stereocenters. The second-order valence-electron chi connectivity index (χ2n) is 7.41. The molecular formula is C23H30N2O2. The molecule has 0 aromatic heterocycles. The van der Waals surface area contributed by atoms with Crippen molar-refractivity contribution in [2.75, 3.05) is 33.3 Å². The molecule has 0 N–H and O–H groups in total. The van der Waals surface area contributed by atoms with Gasteiger partial charge in [0.15, 0.2) is 6.61 Å². The van der Waals surface area contributed by atoms with E-state index in [1.807, 2.05) is 41.3 Å². The van der Waals surface area contributed by atoms with Crippen LogP contribution in [0.15, 0.2) is 54.6 Å². The lowest BCUT2D eigenvalue weighted by Gasteiger charge is -2.40. The van der Waals surface area contributed by atoms with E-state index in [0.717, 1.165) is 31.8 Å². The van der Waals surface area contributed by atoms with Gasteiger partial charge >= 0.3 is 0 Å². The third-order valence-electron chi connectivity index (χ3n) is 5.50. The maximum absolute atomic E-state index is 13.0. The van der Waals surface area contributed by atoms with Crippen LogP contribution in [0.25, 0.3) is 0 Å². The van der Waals surface area contributed by atoms with Crippen LogP contribution in [0.2, 0.25) is 0 Å². The number of para-hydroxylation sites is 1. The van der Waals surface area contributed by atoms with E-state index >= 15 is 0 Å². The number of benzene rings is 2. The molecule has 1 aliphatic heterocycles. The summed E-state index contributed by atoms with van der Waals surface area (Å²) in [4.78, 5) is 17.2. The van der Waals surface area contributed by atoms with Gasteiger partial charge in [0.2, 0.25) is 0 Å². The number of likely N-dealkylation sites (N-methyl/N-ethyl adjacent to an activating group) is 1. The highest BCUT2D eigenvalue weighted by molar-refractivity contribution is 5.78. The van der Waals surface area contributed by atoms with Crippen LogP contribution in [0.4, 0.5) is 0 Å². The zero-order chi connectivity index (χ0) is 19.2. The molecule has 4 heteroatoms. The third-order valence-corrected chi connectivity index (χ3v) is 5.50. The van der Waals surface area contributed by atoms with E-state index in [1.165, 1.54) is 11.1 Å². The minimum Gasteiger partial charge on any atom is -0.483 e. The number of amides is 1. The van der Waals surface area contributed by atoms with Crippen molar-refractivity contribution in [1.82, 2.24) is 9.80 Å². The zero-order valence-corrected chi connectivity index (χ0v) is 16.6. The molecule has 2 unspecified atom stereocenters. The van der Waals surface area contributed by atoms with Crippen molar-refractivity contribution in [2.24, 2.45) is 0 Å². The Balaban J connectivity index is 1.71. The number of rotatable bonds is 6. The fourth-order valence-electron chi connectivity index (χ4n) is 3.64. The number of carbonyl (C=O) groups is 1. The molecule has 27 heavy (non-hydrogen) atoms. The van der Waals surface area contributed by atoms with Crippen LogP contribution >= 0.6 is 0 Å². The molecule has 1 fully saturated rings. The number of carbonyl (C=O) groups excluding carboxylic acids is 1. The second kappa shape index (κ2) is 9.05. The van der Waals surface area contributed by atoms with E-state index in [9.17, 15) is 4.79 Å². The fourth-order valence-corrected chi connectivity index (χ4v) is 3.64. The third kappa shape index (κ3) is 4.69. The van der Waals surface area contributed by atoms with E-state index in [2.05, 4.69) is 44.0 Å². The smallest absolute Gasteiger partial charge is 0.261 e. The van der Waals surface area contributed by atoms with E-state index in [-0.39, 0.29) is 18.6 Å². The Kier molecular flexibility index (Phi) is 6.51. The molecule has 0 spiro atoms. The van der Waals surface area contributed by atoms with Crippen molar-refractivity contribution in [3.8, 4) is 5.75 Å². The highest BCUT2D eigenvalue weighted by atomic mass is 16.5. The quantitative estimate of drug-likeness (QED) is 0.772. The van der Waals surface area contributed by atoms with E-state index in [4.69, 9.17) is 4.74 Å². The first-order valence-electron chi connectivity index (χ1n) is 9.84. The maximum atomic E-state index is 13.0. The van der Waals surface area contributed by atoms with Crippen molar-refractivity contribution in [3.63, 3.8) is 0 Å². The molecule has 0 bridgehead atoms. The first-order chi connectivity index (χ1) is 13.1. The summed E-state index contributed by atoms with van der Waals surface area (Å²) in [6, 6.07) is 18.4. The molecular weight excluding hydrogens is 336 g/mol. The van der Waals surface area contributed by atoms with E-state index in [1.54, 1.807) is 0 Å². The number of ether oxygens (including phenoxy) is 1. The summed E-state index contributed by atoms with van der Waals surface area (Å²) < 4.78 is 5.98. The first-order valence-corrected chi connectivity index (χ1v) is 9.84. The van der Waals surface area contributed by atoms with Gasteiger partial charge in [0.25, 0.3) is 5.91 Å². The van der Waals surface area contributed by atoms with Crippen LogP contribution in [0.3, 0.4) is 0 Å². The summed E-state index contributed by atoms with van der Waals surface area (Å²) in [5.74, 6) is 1.29. The lowest BCUT2D eigenvalue weighted by Crippen LogP contribution is -2.50. The van der Waals surface area contributed by atoms with Crippen LogP contribution in [-0.4, -0.2) is 49.0 Å². The predicted octanol–water partition coefficient (Wildman–Crippen LogP) is 4.09. The molecule has 1 amide bonds. The van der Waals surface area contributed by atoms with Gasteiger partial charge in [-0.1, -0.05) is 62.4 Å². The fraction of sp³-hybridized carbons (Fsp3) is 0.435. The lowest BCUT2D eigenvalue weighted by molar-refractivity contribution is -0.138. The van der Waals surface area contributed by atoms with Crippen LogP contribution in [0.1, 0.15) is 43.4 Å². The predicted molar refractivity (Wildman–Crippen MR) is 109 cm³/mol. The van der Waals surface area contributed by atoms with Gasteiger partial charge in [-0.25, -0.2) is 0 Å². The Morgan fingerprint density at radius 2 is 1.81 bits per heavy atom. The first kappa shape index (κ1) is 19.4. The Hall–Kier alpha value is -2.33. The molecule has 1 saturated heterocycles. The minimum atomic E-state index is 0.0518. The Morgan fingerprint density at radius 3 is 2.56 bits per heavy atom. The van der Waals surface area contributed by atoms with E-state index in [0.29, 0.717) is 5.92 Å². The minimum absolute atomic E-state index is 0.0518. The van der Waals surface area contributed by atoms with Gasteiger partial charge in [0, 0.05) is 19.6 Å². The van der Waals surface area contributed by atoms with Gasteiger partial charge < -0.3 is 14.5 Å². The van der Waals surface area contributed by atoms with E-state index < -0.39 is 0 Å². The number of piperazine rings is 1. The summed E-state index contributed by atoms with van der Waals surface area (Å²) >= 11 is 0. The monoisotopic (exact) mass is 366 g/mol. The largest absolute Gasteiger partial charge is 0.483 e. The highest BCUT2D eigenvalue weighted by Crippen LogP contribution is 2.29. The number of hydrogen-bond acceptors (Lipinski definition) is 3. The summed E-state index contributed by atoms with van der Waals surface area (Å²) in [6.45, 7) is 6.90. The average molecular weight is 367 g/mol. The van der Waals surface area contributed by atoms with Crippen molar-refractivity contribution in [3.05, 3.63) is 65.7 Å². The summed E-state index contributed by atoms with van der Waals surface area (Å²) in [7, 11) is 2.11. The SMILES string of the molecule is CCC(C)c1ccccc1OCC(=O)N1CCN(C)CC1c1ccccc1. The molecule has 144 valence electrons. The normalized spacial score (nSPS) is 18.9. The van der Waals surface area contributed by atoms with Crippen molar-refractivity contribution in [2.45, 2.75) is 32.2 Å². The van der Waals surface area contributed by atoms with Crippen LogP contribution in [0, 0.1) is 0 Å². The molecule has 0 radical (unpaired) electrons. The Morgan fingerprint density at radius 1 is 1.11 bits per heavy atom. The van der Waals surface area contributed by atoms with Crippen LogP contribution < -0.4 is 4.74 Å². The molecule has 3 rings (SSSR count). The summed E-state index contributed by atoms with van der Waals surface area (Å²) in [5.41, 5.74) is 2.35. The van der Waals surface area contributed by atoms with Crippen LogP contribution in [-0.2, 0) is 4.79 Å². The molecule has 0 saturated carbocycles. The molecule has 1 heterocycles. The van der Waals surface area contributed by atoms with Crippen molar-refractivity contribution >= 4 is 5.91 Å². The van der Waals surface area contributed by atoms with Gasteiger partial charge in [0.1, 0.15) is 5.75 Å². The summed E-state index contributed by atoms with van der Waals surface area (Å²) in [5, 5.41) is 0.